The minimum atomic E-state index is -3.25. The molecule has 2 fully saturated rings. The largest absolute Gasteiger partial charge is 0.379 e. The first-order chi connectivity index (χ1) is 12.7. The van der Waals surface area contributed by atoms with Gasteiger partial charge in [-0.15, -0.1) is 0 Å². The molecule has 0 aliphatic carbocycles. The number of hydrogen-bond donors (Lipinski definition) is 2. The second-order valence-electron chi connectivity index (χ2n) is 6.36. The van der Waals surface area contributed by atoms with E-state index in [1.165, 1.54) is 0 Å². The molecule has 3 heterocycles. The van der Waals surface area contributed by atoms with Gasteiger partial charge in [-0.2, -0.15) is 0 Å². The maximum absolute atomic E-state index is 14.0. The van der Waals surface area contributed by atoms with Crippen LogP contribution < -0.4 is 5.09 Å². The standard InChI is InChI=1S/C17H23N4O4P/c22-17(15-13-18-16-4-2-1-3-14(15)16)19-26(23,20-5-9-24-10-6-20)21-7-11-25-12-8-21/h1-4,13,18H,5-12H2,(H,19,22,23). The zero-order valence-electron chi connectivity index (χ0n) is 14.5. The number of carbonyl (C=O) groups excluding carboxylic acids is 1. The number of hydrogen-bond acceptors (Lipinski definition) is 4. The molecule has 0 radical (unpaired) electrons. The molecule has 0 atom stereocenters. The van der Waals surface area contributed by atoms with Crippen LogP contribution >= 0.6 is 7.59 Å². The number of carbonyl (C=O) groups is 1. The summed E-state index contributed by atoms with van der Waals surface area (Å²) in [6, 6.07) is 7.59. The molecule has 0 saturated carbocycles. The highest BCUT2D eigenvalue weighted by atomic mass is 31.2. The third-order valence-electron chi connectivity index (χ3n) is 4.82. The van der Waals surface area contributed by atoms with Gasteiger partial charge in [0.15, 0.2) is 0 Å². The second kappa shape index (κ2) is 7.50. The Morgan fingerprint density at radius 2 is 1.58 bits per heavy atom. The number of H-pyrrole nitrogens is 1. The molecular formula is C17H23N4O4P. The lowest BCUT2D eigenvalue weighted by molar-refractivity contribution is 0.0505. The Bertz CT molecular complexity index is 805. The first-order valence-electron chi connectivity index (χ1n) is 8.83. The fraction of sp³-hybridized carbons (Fsp3) is 0.471. The molecule has 0 spiro atoms. The molecule has 1 amide bonds. The highest BCUT2D eigenvalue weighted by Crippen LogP contribution is 2.50. The van der Waals surface area contributed by atoms with Gasteiger partial charge in [-0.3, -0.25) is 14.4 Å². The maximum atomic E-state index is 14.0. The molecule has 0 unspecified atom stereocenters. The summed E-state index contributed by atoms with van der Waals surface area (Å²) in [6.45, 7) is 4.17. The minimum Gasteiger partial charge on any atom is -0.379 e. The molecule has 9 heteroatoms. The summed E-state index contributed by atoms with van der Waals surface area (Å²) in [5, 5.41) is 3.68. The van der Waals surface area contributed by atoms with E-state index in [-0.39, 0.29) is 5.91 Å². The zero-order valence-corrected chi connectivity index (χ0v) is 15.4. The van der Waals surface area contributed by atoms with Crippen LogP contribution in [0.4, 0.5) is 0 Å². The Morgan fingerprint density at radius 3 is 2.19 bits per heavy atom. The van der Waals surface area contributed by atoms with E-state index in [1.54, 1.807) is 6.20 Å². The van der Waals surface area contributed by atoms with E-state index in [0.717, 1.165) is 10.9 Å². The lowest BCUT2D eigenvalue weighted by Crippen LogP contribution is -2.48. The number of nitrogens with zero attached hydrogens (tertiary/aromatic N) is 2. The Hall–Kier alpha value is -1.70. The van der Waals surface area contributed by atoms with Crippen LogP contribution in [0.15, 0.2) is 30.5 Å². The molecule has 140 valence electrons. The SMILES string of the molecule is O=C(NP(=O)(N1CCOCC1)N1CCOCC1)c1c[nH]c2ccccc12. The summed E-state index contributed by atoms with van der Waals surface area (Å²) in [5.41, 5.74) is 1.38. The van der Waals surface area contributed by atoms with Crippen LogP contribution in [0.1, 0.15) is 10.4 Å². The third-order valence-corrected chi connectivity index (χ3v) is 7.65. The van der Waals surface area contributed by atoms with Crippen LogP contribution in [0.5, 0.6) is 0 Å². The number of aromatic amines is 1. The number of rotatable bonds is 4. The highest BCUT2D eigenvalue weighted by molar-refractivity contribution is 7.57. The predicted octanol–water partition coefficient (Wildman–Crippen LogP) is 1.67. The molecule has 0 bridgehead atoms. The van der Waals surface area contributed by atoms with Crippen molar-refractivity contribution in [1.29, 1.82) is 0 Å². The molecule has 1 aromatic heterocycles. The third kappa shape index (κ3) is 3.31. The topological polar surface area (TPSA) is 86.9 Å². The van der Waals surface area contributed by atoms with Crippen LogP contribution in [0.25, 0.3) is 10.9 Å². The van der Waals surface area contributed by atoms with Crippen molar-refractivity contribution >= 4 is 24.4 Å². The molecular weight excluding hydrogens is 355 g/mol. The summed E-state index contributed by atoms with van der Waals surface area (Å²) in [6.07, 6.45) is 1.67. The quantitative estimate of drug-likeness (QED) is 0.787. The number of morpholine rings is 2. The van der Waals surface area contributed by atoms with Gasteiger partial charge in [0.05, 0.1) is 32.0 Å². The first-order valence-corrected chi connectivity index (χ1v) is 10.4. The Morgan fingerprint density at radius 1 is 1.00 bits per heavy atom. The van der Waals surface area contributed by atoms with Crippen LogP contribution in [0.2, 0.25) is 0 Å². The van der Waals surface area contributed by atoms with E-state index < -0.39 is 7.59 Å². The first kappa shape index (κ1) is 17.7. The number of para-hydroxylation sites is 1. The molecule has 2 aliphatic rings. The summed E-state index contributed by atoms with van der Waals surface area (Å²) in [7, 11) is -3.25. The van der Waals surface area contributed by atoms with Gasteiger partial charge in [-0.1, -0.05) is 18.2 Å². The number of ether oxygens (including phenoxy) is 2. The van der Waals surface area contributed by atoms with Crippen LogP contribution in [0.3, 0.4) is 0 Å². The van der Waals surface area contributed by atoms with Crippen molar-refractivity contribution in [2.75, 3.05) is 52.6 Å². The predicted molar refractivity (Wildman–Crippen MR) is 98.2 cm³/mol. The Balaban J connectivity index is 1.63. The zero-order chi connectivity index (χ0) is 18.0. The normalized spacial score (nSPS) is 20.3. The molecule has 8 nitrogen and oxygen atoms in total. The molecule has 2 saturated heterocycles. The van der Waals surface area contributed by atoms with E-state index in [4.69, 9.17) is 9.47 Å². The van der Waals surface area contributed by atoms with Gasteiger partial charge in [0.2, 0.25) is 0 Å². The van der Waals surface area contributed by atoms with Crippen molar-refractivity contribution in [2.24, 2.45) is 0 Å². The van der Waals surface area contributed by atoms with Gasteiger partial charge < -0.3 is 14.5 Å². The number of nitrogens with one attached hydrogen (secondary N) is 2. The average Bonchev–Trinajstić information content (AvgIpc) is 3.13. The Kier molecular flexibility index (Phi) is 5.11. The summed E-state index contributed by atoms with van der Waals surface area (Å²) in [5.74, 6) is -0.330. The summed E-state index contributed by atoms with van der Waals surface area (Å²) in [4.78, 5) is 16.1. The van der Waals surface area contributed by atoms with E-state index in [0.29, 0.717) is 58.2 Å². The van der Waals surface area contributed by atoms with Crippen molar-refractivity contribution in [3.63, 3.8) is 0 Å². The van der Waals surface area contributed by atoms with Crippen molar-refractivity contribution in [1.82, 2.24) is 19.4 Å². The van der Waals surface area contributed by atoms with Gasteiger partial charge in [0.1, 0.15) is 0 Å². The minimum absolute atomic E-state index is 0.330. The molecule has 1 aromatic carbocycles. The lowest BCUT2D eigenvalue weighted by atomic mass is 10.2. The van der Waals surface area contributed by atoms with Crippen molar-refractivity contribution in [3.8, 4) is 0 Å². The van der Waals surface area contributed by atoms with Gasteiger partial charge in [0, 0.05) is 43.3 Å². The Labute approximate surface area is 152 Å². The lowest BCUT2D eigenvalue weighted by Gasteiger charge is -2.41. The van der Waals surface area contributed by atoms with Crippen molar-refractivity contribution in [2.45, 2.75) is 0 Å². The number of fused-ring (bicyclic) bond motifs is 1. The van der Waals surface area contributed by atoms with Crippen LogP contribution in [-0.2, 0) is 14.0 Å². The molecule has 2 aliphatic heterocycles. The smallest absolute Gasteiger partial charge is 0.311 e. The number of aromatic nitrogens is 1. The van der Waals surface area contributed by atoms with Crippen molar-refractivity contribution < 1.29 is 18.8 Å². The highest BCUT2D eigenvalue weighted by Gasteiger charge is 2.40. The van der Waals surface area contributed by atoms with E-state index in [9.17, 15) is 9.36 Å². The fourth-order valence-electron chi connectivity index (χ4n) is 3.42. The van der Waals surface area contributed by atoms with Crippen LogP contribution in [0, 0.1) is 0 Å². The van der Waals surface area contributed by atoms with Crippen molar-refractivity contribution in [3.05, 3.63) is 36.0 Å². The molecule has 4 rings (SSSR count). The average molecular weight is 378 g/mol. The van der Waals surface area contributed by atoms with Gasteiger partial charge in [-0.25, -0.2) is 9.34 Å². The van der Waals surface area contributed by atoms with E-state index in [2.05, 4.69) is 10.1 Å². The summed E-state index contributed by atoms with van der Waals surface area (Å²) < 4.78 is 28.5. The van der Waals surface area contributed by atoms with E-state index in [1.807, 2.05) is 33.6 Å². The van der Waals surface area contributed by atoms with Crippen LogP contribution in [-0.4, -0.2) is 72.8 Å². The monoisotopic (exact) mass is 378 g/mol. The molecule has 2 aromatic rings. The number of amides is 1. The maximum Gasteiger partial charge on any atom is 0.311 e. The van der Waals surface area contributed by atoms with Gasteiger partial charge in [0.25, 0.3) is 5.91 Å². The van der Waals surface area contributed by atoms with Gasteiger partial charge in [-0.05, 0) is 6.07 Å². The summed E-state index contributed by atoms with van der Waals surface area (Å²) >= 11 is 0. The molecule has 2 N–H and O–H groups in total. The molecule has 26 heavy (non-hydrogen) atoms. The van der Waals surface area contributed by atoms with Gasteiger partial charge >= 0.3 is 7.59 Å². The second-order valence-corrected chi connectivity index (χ2v) is 8.81. The fourth-order valence-corrected chi connectivity index (χ4v) is 5.86. The number of benzene rings is 1. The van der Waals surface area contributed by atoms with E-state index >= 15 is 0 Å².